The topological polar surface area (TPSA) is 29.1 Å². The van der Waals surface area contributed by atoms with Crippen LogP contribution in [0, 0.1) is 6.92 Å². The van der Waals surface area contributed by atoms with Gasteiger partial charge in [-0.1, -0.05) is 24.3 Å². The molecule has 0 aliphatic rings. The fourth-order valence-corrected chi connectivity index (χ4v) is 1.21. The van der Waals surface area contributed by atoms with Crippen LogP contribution in [-0.4, -0.2) is 18.9 Å². The number of Topliss-reactive ketones (excluding diaryl/α,β-unsaturated/α-hetero) is 1. The summed E-state index contributed by atoms with van der Waals surface area (Å²) in [5.41, 5.74) is 1.85. The van der Waals surface area contributed by atoms with E-state index in [0.29, 0.717) is 0 Å². The lowest BCUT2D eigenvalue weighted by molar-refractivity contribution is 0.0954. The molecule has 1 aromatic carbocycles. The maximum Gasteiger partial charge on any atom is 0.179 e. The largest absolute Gasteiger partial charge is 0.310 e. The maximum atomic E-state index is 11.7. The molecule has 0 saturated carbocycles. The Morgan fingerprint density at radius 3 is 2.43 bits per heavy atom. The number of nitrogens with one attached hydrogen (secondary N) is 1. The molecule has 1 rings (SSSR count). The number of halogens is 1. The summed E-state index contributed by atoms with van der Waals surface area (Å²) >= 11 is 0. The number of carbonyl (C=O) groups excluding carboxylic acids is 1. The van der Waals surface area contributed by atoms with Crippen molar-refractivity contribution in [3.8, 4) is 0 Å². The third-order valence-electron chi connectivity index (χ3n) is 2.24. The van der Waals surface area contributed by atoms with Crippen molar-refractivity contribution in [2.24, 2.45) is 0 Å². The fraction of sp³-hybridized carbons (Fsp3) is 0.364. The van der Waals surface area contributed by atoms with Gasteiger partial charge in [0.1, 0.15) is 0 Å². The molecule has 0 saturated heterocycles. The lowest BCUT2D eigenvalue weighted by atomic mass is 10.0. The van der Waals surface area contributed by atoms with E-state index in [1.807, 2.05) is 38.1 Å². The van der Waals surface area contributed by atoms with Crippen LogP contribution in [0.25, 0.3) is 0 Å². The van der Waals surface area contributed by atoms with Crippen molar-refractivity contribution >= 4 is 18.2 Å². The van der Waals surface area contributed by atoms with Crippen LogP contribution in [0.15, 0.2) is 24.3 Å². The third-order valence-corrected chi connectivity index (χ3v) is 2.24. The first-order valence-corrected chi connectivity index (χ1v) is 4.44. The zero-order valence-electron chi connectivity index (χ0n) is 8.70. The minimum atomic E-state index is -0.110. The summed E-state index contributed by atoms with van der Waals surface area (Å²) in [5, 5.41) is 2.94. The van der Waals surface area contributed by atoms with Gasteiger partial charge >= 0.3 is 0 Å². The average molecular weight is 214 g/mol. The van der Waals surface area contributed by atoms with Crippen LogP contribution in [0.3, 0.4) is 0 Å². The first kappa shape index (κ1) is 13.1. The van der Waals surface area contributed by atoms with Crippen LogP contribution >= 0.6 is 12.4 Å². The van der Waals surface area contributed by atoms with E-state index in [9.17, 15) is 4.79 Å². The van der Waals surface area contributed by atoms with Crippen molar-refractivity contribution in [2.45, 2.75) is 19.9 Å². The van der Waals surface area contributed by atoms with Crippen molar-refractivity contribution in [1.29, 1.82) is 0 Å². The molecule has 1 atom stereocenters. The molecule has 14 heavy (non-hydrogen) atoms. The van der Waals surface area contributed by atoms with Gasteiger partial charge in [-0.25, -0.2) is 0 Å². The van der Waals surface area contributed by atoms with Gasteiger partial charge in [-0.05, 0) is 26.5 Å². The van der Waals surface area contributed by atoms with Gasteiger partial charge < -0.3 is 5.32 Å². The second kappa shape index (κ2) is 5.78. The first-order valence-electron chi connectivity index (χ1n) is 4.44. The van der Waals surface area contributed by atoms with Crippen LogP contribution in [0.5, 0.6) is 0 Å². The highest BCUT2D eigenvalue weighted by Crippen LogP contribution is 2.09. The van der Waals surface area contributed by atoms with Crippen LogP contribution in [-0.2, 0) is 0 Å². The average Bonchev–Trinajstić information content (AvgIpc) is 2.16. The van der Waals surface area contributed by atoms with Crippen molar-refractivity contribution in [1.82, 2.24) is 5.32 Å². The Morgan fingerprint density at radius 2 is 1.93 bits per heavy atom. The highest BCUT2D eigenvalue weighted by atomic mass is 35.5. The van der Waals surface area contributed by atoms with Crippen LogP contribution < -0.4 is 5.32 Å². The quantitative estimate of drug-likeness (QED) is 0.781. The number of hydrogen-bond donors (Lipinski definition) is 1. The van der Waals surface area contributed by atoms with E-state index in [-0.39, 0.29) is 24.2 Å². The summed E-state index contributed by atoms with van der Waals surface area (Å²) in [5.74, 6) is 0.153. The lowest BCUT2D eigenvalue weighted by Crippen LogP contribution is -2.31. The molecule has 0 aliphatic carbocycles. The molecule has 2 nitrogen and oxygen atoms in total. The van der Waals surface area contributed by atoms with E-state index in [4.69, 9.17) is 0 Å². The summed E-state index contributed by atoms with van der Waals surface area (Å²) in [7, 11) is 1.79. The van der Waals surface area contributed by atoms with Gasteiger partial charge in [0.05, 0.1) is 6.04 Å². The van der Waals surface area contributed by atoms with Crippen LogP contribution in [0.2, 0.25) is 0 Å². The Balaban J connectivity index is 0.00000169. The maximum absolute atomic E-state index is 11.7. The number of carbonyl (C=O) groups is 1. The SMILES string of the molecule is CNC(C)C(=O)c1ccccc1C.Cl. The van der Waals surface area contributed by atoms with Gasteiger partial charge in [-0.15, -0.1) is 12.4 Å². The molecular formula is C11H16ClNO. The van der Waals surface area contributed by atoms with E-state index in [2.05, 4.69) is 5.32 Å². The van der Waals surface area contributed by atoms with E-state index >= 15 is 0 Å². The monoisotopic (exact) mass is 213 g/mol. The molecule has 78 valence electrons. The Labute approximate surface area is 91.1 Å². The molecule has 1 N–H and O–H groups in total. The van der Waals surface area contributed by atoms with Crippen molar-refractivity contribution in [3.63, 3.8) is 0 Å². The standard InChI is InChI=1S/C11H15NO.ClH/c1-8-6-4-5-7-10(8)11(13)9(2)12-3;/h4-7,9,12H,1-3H3;1H. The fourth-order valence-electron chi connectivity index (χ4n) is 1.21. The number of rotatable bonds is 3. The highest BCUT2D eigenvalue weighted by molar-refractivity contribution is 6.00. The predicted molar refractivity (Wildman–Crippen MR) is 61.3 cm³/mol. The highest BCUT2D eigenvalue weighted by Gasteiger charge is 2.13. The normalized spacial score (nSPS) is 11.6. The van der Waals surface area contributed by atoms with Gasteiger partial charge in [0.25, 0.3) is 0 Å². The molecule has 0 aliphatic heterocycles. The van der Waals surface area contributed by atoms with Crippen molar-refractivity contribution < 1.29 is 4.79 Å². The smallest absolute Gasteiger partial charge is 0.179 e. The minimum Gasteiger partial charge on any atom is -0.310 e. The number of likely N-dealkylation sites (N-methyl/N-ethyl adjacent to an activating group) is 1. The Bertz CT molecular complexity index is 312. The molecule has 0 heterocycles. The molecule has 0 fully saturated rings. The van der Waals surface area contributed by atoms with Gasteiger partial charge in [0, 0.05) is 5.56 Å². The number of ketones is 1. The summed E-state index contributed by atoms with van der Waals surface area (Å²) in [4.78, 5) is 11.7. The van der Waals surface area contributed by atoms with Gasteiger partial charge in [0.15, 0.2) is 5.78 Å². The predicted octanol–water partition coefficient (Wildman–Crippen LogP) is 2.21. The number of benzene rings is 1. The van der Waals surface area contributed by atoms with E-state index < -0.39 is 0 Å². The van der Waals surface area contributed by atoms with Gasteiger partial charge in [-0.2, -0.15) is 0 Å². The molecule has 0 bridgehead atoms. The molecule has 0 spiro atoms. The minimum absolute atomic E-state index is 0. The van der Waals surface area contributed by atoms with Gasteiger partial charge in [-0.3, -0.25) is 4.79 Å². The molecular weight excluding hydrogens is 198 g/mol. The summed E-state index contributed by atoms with van der Waals surface area (Å²) in [6, 6.07) is 7.54. The zero-order chi connectivity index (χ0) is 9.84. The van der Waals surface area contributed by atoms with E-state index in [1.54, 1.807) is 7.05 Å². The zero-order valence-corrected chi connectivity index (χ0v) is 9.52. The molecule has 0 amide bonds. The number of aryl methyl sites for hydroxylation is 1. The van der Waals surface area contributed by atoms with E-state index in [1.165, 1.54) is 0 Å². The molecule has 0 aromatic heterocycles. The Hall–Kier alpha value is -0.860. The van der Waals surface area contributed by atoms with Gasteiger partial charge in [0.2, 0.25) is 0 Å². The Kier molecular flexibility index (Phi) is 5.43. The van der Waals surface area contributed by atoms with Crippen molar-refractivity contribution in [3.05, 3.63) is 35.4 Å². The Morgan fingerprint density at radius 1 is 1.36 bits per heavy atom. The lowest BCUT2D eigenvalue weighted by Gasteiger charge is -2.10. The van der Waals surface area contributed by atoms with Crippen LogP contribution in [0.4, 0.5) is 0 Å². The summed E-state index contributed by atoms with van der Waals surface area (Å²) < 4.78 is 0. The molecule has 3 heteroatoms. The second-order valence-electron chi connectivity index (χ2n) is 3.19. The third kappa shape index (κ3) is 2.82. The molecule has 1 unspecified atom stereocenters. The summed E-state index contributed by atoms with van der Waals surface area (Å²) in [6.07, 6.45) is 0. The first-order chi connectivity index (χ1) is 6.16. The van der Waals surface area contributed by atoms with Crippen molar-refractivity contribution in [2.75, 3.05) is 7.05 Å². The second-order valence-corrected chi connectivity index (χ2v) is 3.19. The van der Waals surface area contributed by atoms with E-state index in [0.717, 1.165) is 11.1 Å². The molecule has 0 radical (unpaired) electrons. The molecule has 1 aromatic rings. The summed E-state index contributed by atoms with van der Waals surface area (Å²) in [6.45, 7) is 3.82. The van der Waals surface area contributed by atoms with Crippen LogP contribution in [0.1, 0.15) is 22.8 Å². The number of hydrogen-bond acceptors (Lipinski definition) is 2.